The summed E-state index contributed by atoms with van der Waals surface area (Å²) in [5.74, 6) is 0.748. The summed E-state index contributed by atoms with van der Waals surface area (Å²) in [6, 6.07) is 26.7. The normalized spacial score (nSPS) is 15.5. The third-order valence-electron chi connectivity index (χ3n) is 6.06. The summed E-state index contributed by atoms with van der Waals surface area (Å²) < 4.78 is 6.07. The number of benzene rings is 4. The first-order chi connectivity index (χ1) is 16.5. The molecule has 34 heavy (non-hydrogen) atoms. The third-order valence-corrected chi connectivity index (χ3v) is 6.47. The topological polar surface area (TPSA) is 58.6 Å². The van der Waals surface area contributed by atoms with E-state index in [1.165, 1.54) is 0 Å². The summed E-state index contributed by atoms with van der Waals surface area (Å²) in [4.78, 5) is 27.0. The van der Waals surface area contributed by atoms with Crippen molar-refractivity contribution in [2.75, 3.05) is 16.8 Å². The van der Waals surface area contributed by atoms with Crippen LogP contribution in [0.4, 0.5) is 11.4 Å². The van der Waals surface area contributed by atoms with Gasteiger partial charge in [-0.2, -0.15) is 0 Å². The van der Waals surface area contributed by atoms with Crippen LogP contribution in [-0.4, -0.2) is 18.4 Å². The van der Waals surface area contributed by atoms with E-state index in [1.807, 2.05) is 73.7 Å². The van der Waals surface area contributed by atoms with Crippen molar-refractivity contribution in [1.29, 1.82) is 0 Å². The van der Waals surface area contributed by atoms with E-state index in [0.29, 0.717) is 28.7 Å². The highest BCUT2D eigenvalue weighted by atomic mass is 35.5. The SMILES string of the molecule is Cc1ccc(N2C[C@@H](C(=O)Nc3ccc(Oc4cccc5ccccc45)cc3)CC2=O)cc1Cl. The summed E-state index contributed by atoms with van der Waals surface area (Å²) in [7, 11) is 0. The van der Waals surface area contributed by atoms with Crippen LogP contribution in [0.2, 0.25) is 5.02 Å². The van der Waals surface area contributed by atoms with Crippen LogP contribution in [-0.2, 0) is 9.59 Å². The van der Waals surface area contributed by atoms with Crippen LogP contribution in [0.25, 0.3) is 10.8 Å². The summed E-state index contributed by atoms with van der Waals surface area (Å²) >= 11 is 6.21. The van der Waals surface area contributed by atoms with E-state index < -0.39 is 5.92 Å². The molecule has 2 amide bonds. The van der Waals surface area contributed by atoms with E-state index in [2.05, 4.69) is 5.32 Å². The number of nitrogens with one attached hydrogen (secondary N) is 1. The van der Waals surface area contributed by atoms with Gasteiger partial charge in [0.15, 0.2) is 0 Å². The molecule has 0 spiro atoms. The number of carbonyl (C=O) groups is 2. The second-order valence-electron chi connectivity index (χ2n) is 8.43. The highest BCUT2D eigenvalue weighted by Crippen LogP contribution is 2.31. The van der Waals surface area contributed by atoms with Gasteiger partial charge in [0.1, 0.15) is 11.5 Å². The second-order valence-corrected chi connectivity index (χ2v) is 8.84. The van der Waals surface area contributed by atoms with E-state index >= 15 is 0 Å². The molecule has 1 saturated heterocycles. The Kier molecular flexibility index (Phi) is 5.95. The summed E-state index contributed by atoms with van der Waals surface area (Å²) in [6.45, 7) is 2.23. The lowest BCUT2D eigenvalue weighted by atomic mass is 10.1. The summed E-state index contributed by atoms with van der Waals surface area (Å²) in [5, 5.41) is 5.66. The van der Waals surface area contributed by atoms with Gasteiger partial charge >= 0.3 is 0 Å². The first-order valence-electron chi connectivity index (χ1n) is 11.1. The molecule has 5 rings (SSSR count). The minimum Gasteiger partial charge on any atom is -0.457 e. The van der Waals surface area contributed by atoms with Crippen LogP contribution in [0.5, 0.6) is 11.5 Å². The van der Waals surface area contributed by atoms with Crippen LogP contribution in [0.15, 0.2) is 84.9 Å². The fourth-order valence-electron chi connectivity index (χ4n) is 4.14. The van der Waals surface area contributed by atoms with Crippen LogP contribution in [0, 0.1) is 12.8 Å². The van der Waals surface area contributed by atoms with E-state index in [4.69, 9.17) is 16.3 Å². The quantitative estimate of drug-likeness (QED) is 0.358. The Morgan fingerprint density at radius 1 is 1.00 bits per heavy atom. The lowest BCUT2D eigenvalue weighted by Gasteiger charge is -2.17. The van der Waals surface area contributed by atoms with Gasteiger partial charge < -0.3 is 15.0 Å². The number of ether oxygens (including phenoxy) is 1. The van der Waals surface area contributed by atoms with Gasteiger partial charge in [-0.3, -0.25) is 9.59 Å². The molecular formula is C28H23ClN2O3. The maximum absolute atomic E-state index is 12.8. The Bertz CT molecular complexity index is 1380. The van der Waals surface area contributed by atoms with Gasteiger partial charge in [0.2, 0.25) is 11.8 Å². The van der Waals surface area contributed by atoms with Gasteiger partial charge in [-0.05, 0) is 60.3 Å². The molecule has 1 atom stereocenters. The Morgan fingerprint density at radius 3 is 2.56 bits per heavy atom. The number of anilines is 2. The predicted octanol–water partition coefficient (Wildman–Crippen LogP) is 6.59. The van der Waals surface area contributed by atoms with E-state index in [0.717, 1.165) is 22.1 Å². The van der Waals surface area contributed by atoms with Gasteiger partial charge in [-0.1, -0.05) is 54.1 Å². The first kappa shape index (κ1) is 22.0. The summed E-state index contributed by atoms with van der Waals surface area (Å²) in [6.07, 6.45) is 0.166. The smallest absolute Gasteiger partial charge is 0.229 e. The van der Waals surface area contributed by atoms with Crippen molar-refractivity contribution in [2.45, 2.75) is 13.3 Å². The number of halogens is 1. The van der Waals surface area contributed by atoms with E-state index in [-0.39, 0.29) is 18.2 Å². The molecule has 0 unspecified atom stereocenters. The molecule has 1 aliphatic heterocycles. The maximum Gasteiger partial charge on any atom is 0.229 e. The molecular weight excluding hydrogens is 448 g/mol. The minimum absolute atomic E-state index is 0.0843. The lowest BCUT2D eigenvalue weighted by Crippen LogP contribution is -2.28. The number of fused-ring (bicyclic) bond motifs is 1. The molecule has 5 nitrogen and oxygen atoms in total. The molecule has 1 heterocycles. The monoisotopic (exact) mass is 470 g/mol. The zero-order valence-corrected chi connectivity index (χ0v) is 19.4. The van der Waals surface area contributed by atoms with Gasteiger partial charge in [0.05, 0.1) is 5.92 Å². The van der Waals surface area contributed by atoms with Crippen molar-refractivity contribution >= 4 is 45.6 Å². The Balaban J connectivity index is 1.24. The molecule has 1 aliphatic rings. The Hall–Kier alpha value is -3.83. The number of rotatable bonds is 5. The molecule has 0 aromatic heterocycles. The van der Waals surface area contributed by atoms with Crippen LogP contribution in [0.3, 0.4) is 0 Å². The molecule has 1 fully saturated rings. The Labute approximate surface area is 202 Å². The highest BCUT2D eigenvalue weighted by Gasteiger charge is 2.35. The third kappa shape index (κ3) is 4.47. The second kappa shape index (κ2) is 9.20. The van der Waals surface area contributed by atoms with Crippen molar-refractivity contribution in [1.82, 2.24) is 0 Å². The first-order valence-corrected chi connectivity index (χ1v) is 11.5. The van der Waals surface area contributed by atoms with Crippen molar-refractivity contribution in [2.24, 2.45) is 5.92 Å². The standard InChI is InChI=1S/C28H23ClN2O3/c1-18-9-12-22(16-25(18)29)31-17-20(15-27(31)32)28(33)30-21-10-13-23(14-11-21)34-26-8-4-6-19-5-2-3-7-24(19)26/h2-14,16,20H,15,17H2,1H3,(H,30,33)/t20-/m0/s1. The van der Waals surface area contributed by atoms with Crippen LogP contribution < -0.4 is 15.0 Å². The highest BCUT2D eigenvalue weighted by molar-refractivity contribution is 6.31. The van der Waals surface area contributed by atoms with Gasteiger partial charge in [0, 0.05) is 34.7 Å². The van der Waals surface area contributed by atoms with Crippen molar-refractivity contribution in [3.8, 4) is 11.5 Å². The average molecular weight is 471 g/mol. The zero-order valence-electron chi connectivity index (χ0n) is 18.6. The van der Waals surface area contributed by atoms with Crippen LogP contribution in [0.1, 0.15) is 12.0 Å². The average Bonchev–Trinajstić information content (AvgIpc) is 3.24. The number of amides is 2. The Morgan fingerprint density at radius 2 is 1.76 bits per heavy atom. The molecule has 0 aliphatic carbocycles. The molecule has 6 heteroatoms. The van der Waals surface area contributed by atoms with Crippen molar-refractivity contribution < 1.29 is 14.3 Å². The number of aryl methyl sites for hydroxylation is 1. The zero-order chi connectivity index (χ0) is 23.7. The largest absolute Gasteiger partial charge is 0.457 e. The van der Waals surface area contributed by atoms with E-state index in [1.54, 1.807) is 23.1 Å². The minimum atomic E-state index is -0.431. The van der Waals surface area contributed by atoms with Gasteiger partial charge in [-0.15, -0.1) is 0 Å². The fourth-order valence-corrected chi connectivity index (χ4v) is 4.32. The molecule has 4 aromatic rings. The number of nitrogens with zero attached hydrogens (tertiary/aromatic N) is 1. The molecule has 0 bridgehead atoms. The number of hydrogen-bond acceptors (Lipinski definition) is 3. The van der Waals surface area contributed by atoms with Crippen LogP contribution >= 0.6 is 11.6 Å². The predicted molar refractivity (Wildman–Crippen MR) is 136 cm³/mol. The summed E-state index contributed by atoms with van der Waals surface area (Å²) in [5.41, 5.74) is 2.31. The molecule has 4 aromatic carbocycles. The number of carbonyl (C=O) groups excluding carboxylic acids is 2. The molecule has 0 saturated carbocycles. The lowest BCUT2D eigenvalue weighted by molar-refractivity contribution is -0.122. The molecule has 0 radical (unpaired) electrons. The molecule has 1 N–H and O–H groups in total. The molecule has 170 valence electrons. The van der Waals surface area contributed by atoms with Crippen molar-refractivity contribution in [3.63, 3.8) is 0 Å². The van der Waals surface area contributed by atoms with E-state index in [9.17, 15) is 9.59 Å². The van der Waals surface area contributed by atoms with Gasteiger partial charge in [-0.25, -0.2) is 0 Å². The van der Waals surface area contributed by atoms with Gasteiger partial charge in [0.25, 0.3) is 0 Å². The maximum atomic E-state index is 12.8. The number of hydrogen-bond donors (Lipinski definition) is 1. The van der Waals surface area contributed by atoms with Crippen molar-refractivity contribution in [3.05, 3.63) is 95.5 Å². The fraction of sp³-hybridized carbons (Fsp3) is 0.143.